The van der Waals surface area contributed by atoms with E-state index in [2.05, 4.69) is 30.9 Å². The van der Waals surface area contributed by atoms with Gasteiger partial charge in [-0.15, -0.1) is 22.7 Å². The van der Waals surface area contributed by atoms with E-state index in [0.717, 1.165) is 32.3 Å². The molecule has 0 fully saturated rings. The third-order valence-electron chi connectivity index (χ3n) is 6.82. The zero-order valence-electron chi connectivity index (χ0n) is 22.6. The number of carbonyl (C=O) groups excluding carboxylic acids is 1. The molecule has 0 atom stereocenters. The standard InChI is InChI=1S/C30H21BrN4O5S3/c1-13-21-25(36)32-19(34-27(21)42-23(13)29(37)38)12-16-6-4-8-18(10-16)40-30(39)24-14(2)22-26(41)33-20(35-28(22)43-24)11-15-5-3-7-17(31)9-15/h3-10H,11-12H2,1-2H3,(H,37,38)(H,32,34,36)(H,33,35,41). The fourth-order valence-corrected chi connectivity index (χ4v) is 7.85. The van der Waals surface area contributed by atoms with Crippen molar-refractivity contribution in [1.82, 2.24) is 19.9 Å². The van der Waals surface area contributed by atoms with Crippen molar-refractivity contribution >= 4 is 83.2 Å². The van der Waals surface area contributed by atoms with Crippen LogP contribution in [0.2, 0.25) is 0 Å². The molecule has 2 aromatic carbocycles. The van der Waals surface area contributed by atoms with Crippen LogP contribution < -0.4 is 10.3 Å². The predicted molar refractivity (Wildman–Crippen MR) is 173 cm³/mol. The summed E-state index contributed by atoms with van der Waals surface area (Å²) in [7, 11) is 0. The van der Waals surface area contributed by atoms with Gasteiger partial charge in [-0.1, -0.05) is 52.4 Å². The van der Waals surface area contributed by atoms with Crippen molar-refractivity contribution in [2.45, 2.75) is 26.7 Å². The molecule has 0 aliphatic rings. The maximum Gasteiger partial charge on any atom is 0.354 e. The van der Waals surface area contributed by atoms with E-state index in [0.29, 0.717) is 54.1 Å². The molecule has 0 aliphatic carbocycles. The Morgan fingerprint density at radius 1 is 0.907 bits per heavy atom. The van der Waals surface area contributed by atoms with Gasteiger partial charge in [0.15, 0.2) is 0 Å². The highest BCUT2D eigenvalue weighted by molar-refractivity contribution is 9.10. The van der Waals surface area contributed by atoms with Crippen LogP contribution in [-0.2, 0) is 12.8 Å². The highest BCUT2D eigenvalue weighted by Crippen LogP contribution is 2.32. The highest BCUT2D eigenvalue weighted by atomic mass is 79.9. The van der Waals surface area contributed by atoms with Crippen molar-refractivity contribution in [3.05, 3.63) is 112 Å². The van der Waals surface area contributed by atoms with Gasteiger partial charge in [-0.2, -0.15) is 0 Å². The number of aryl methyl sites for hydroxylation is 2. The van der Waals surface area contributed by atoms with Crippen LogP contribution in [0.15, 0.2) is 57.8 Å². The van der Waals surface area contributed by atoms with E-state index >= 15 is 0 Å². The largest absolute Gasteiger partial charge is 0.477 e. The summed E-state index contributed by atoms with van der Waals surface area (Å²) >= 11 is 11.3. The fourth-order valence-electron chi connectivity index (χ4n) is 4.85. The van der Waals surface area contributed by atoms with Crippen molar-refractivity contribution in [1.29, 1.82) is 0 Å². The summed E-state index contributed by atoms with van der Waals surface area (Å²) in [6.45, 7) is 3.42. The molecule has 9 nitrogen and oxygen atoms in total. The molecule has 216 valence electrons. The SMILES string of the molecule is Cc1c(C(=O)O)sc2nc(Cc3cccc(OC(=O)c4sc5nc(Cc6cccc(Br)c6)[nH]c(=S)c5c4C)c3)[nH]c(=O)c12. The maximum atomic E-state index is 13.3. The zero-order chi connectivity index (χ0) is 30.4. The topological polar surface area (TPSA) is 138 Å². The molecular formula is C30H21BrN4O5S3. The van der Waals surface area contributed by atoms with Crippen LogP contribution >= 0.6 is 50.8 Å². The lowest BCUT2D eigenvalue weighted by Gasteiger charge is -2.07. The summed E-state index contributed by atoms with van der Waals surface area (Å²) in [5.41, 5.74) is 2.51. The van der Waals surface area contributed by atoms with Gasteiger partial charge < -0.3 is 19.8 Å². The molecule has 0 saturated heterocycles. The molecule has 0 aliphatic heterocycles. The third kappa shape index (κ3) is 5.80. The van der Waals surface area contributed by atoms with Crippen molar-refractivity contribution in [2.75, 3.05) is 0 Å². The number of hydrogen-bond acceptors (Lipinski definition) is 9. The Kier molecular flexibility index (Phi) is 7.81. The van der Waals surface area contributed by atoms with Crippen molar-refractivity contribution in [3.8, 4) is 5.75 Å². The predicted octanol–water partition coefficient (Wildman–Crippen LogP) is 7.13. The number of ether oxygens (including phenoxy) is 1. The Balaban J connectivity index is 1.24. The fraction of sp³-hybridized carbons (Fsp3) is 0.133. The number of aromatic nitrogens is 4. The molecule has 0 amide bonds. The number of nitrogens with zero attached hydrogens (tertiary/aromatic N) is 2. The second-order valence-corrected chi connectivity index (χ2v) is 13.1. The molecule has 6 aromatic rings. The minimum Gasteiger partial charge on any atom is -0.477 e. The summed E-state index contributed by atoms with van der Waals surface area (Å²) in [4.78, 5) is 54.2. The first kappa shape index (κ1) is 29.1. The summed E-state index contributed by atoms with van der Waals surface area (Å²) < 4.78 is 7.24. The minimum absolute atomic E-state index is 0.0903. The van der Waals surface area contributed by atoms with Crippen molar-refractivity contribution < 1.29 is 19.4 Å². The van der Waals surface area contributed by atoms with Crippen LogP contribution in [0.25, 0.3) is 20.4 Å². The van der Waals surface area contributed by atoms with Gasteiger partial charge >= 0.3 is 11.9 Å². The lowest BCUT2D eigenvalue weighted by atomic mass is 10.1. The quantitative estimate of drug-likeness (QED) is 0.0913. The van der Waals surface area contributed by atoms with Crippen LogP contribution in [-0.4, -0.2) is 37.0 Å². The lowest BCUT2D eigenvalue weighted by Crippen LogP contribution is -2.12. The second-order valence-electron chi connectivity index (χ2n) is 9.82. The van der Waals surface area contributed by atoms with Crippen molar-refractivity contribution in [3.63, 3.8) is 0 Å². The van der Waals surface area contributed by atoms with Gasteiger partial charge in [-0.05, 0) is 60.4 Å². The highest BCUT2D eigenvalue weighted by Gasteiger charge is 2.21. The van der Waals surface area contributed by atoms with E-state index in [1.165, 1.54) is 11.3 Å². The molecule has 0 bridgehead atoms. The van der Waals surface area contributed by atoms with E-state index in [-0.39, 0.29) is 16.7 Å². The third-order valence-corrected chi connectivity index (χ3v) is 9.96. The number of carboxylic acid groups (broad SMARTS) is 1. The minimum atomic E-state index is -1.09. The zero-order valence-corrected chi connectivity index (χ0v) is 26.6. The molecule has 43 heavy (non-hydrogen) atoms. The Hall–Kier alpha value is -4.04. The molecule has 13 heteroatoms. The van der Waals surface area contributed by atoms with E-state index < -0.39 is 17.5 Å². The van der Waals surface area contributed by atoms with Gasteiger partial charge in [0.1, 0.15) is 41.5 Å². The normalized spacial score (nSPS) is 11.3. The van der Waals surface area contributed by atoms with Gasteiger partial charge in [0, 0.05) is 22.7 Å². The monoisotopic (exact) mass is 692 g/mol. The second kappa shape index (κ2) is 11.6. The molecule has 3 N–H and O–H groups in total. The molecule has 0 spiro atoms. The number of aromatic carboxylic acids is 1. The maximum absolute atomic E-state index is 13.3. The number of benzene rings is 2. The number of H-pyrrole nitrogens is 2. The molecule has 4 heterocycles. The number of aromatic amines is 2. The van der Waals surface area contributed by atoms with Gasteiger partial charge in [0.2, 0.25) is 0 Å². The van der Waals surface area contributed by atoms with Gasteiger partial charge in [-0.25, -0.2) is 19.6 Å². The number of rotatable bonds is 7. The average Bonchev–Trinajstić information content (AvgIpc) is 3.46. The Morgan fingerprint density at radius 3 is 2.21 bits per heavy atom. The van der Waals surface area contributed by atoms with E-state index in [9.17, 15) is 19.5 Å². The average molecular weight is 694 g/mol. The summed E-state index contributed by atoms with van der Waals surface area (Å²) in [6.07, 6.45) is 0.806. The molecule has 6 rings (SSSR count). The first-order valence-electron chi connectivity index (χ1n) is 12.9. The molecular weight excluding hydrogens is 672 g/mol. The molecule has 4 aromatic heterocycles. The van der Waals surface area contributed by atoms with Crippen LogP contribution in [0, 0.1) is 18.5 Å². The van der Waals surface area contributed by atoms with E-state index in [4.69, 9.17) is 21.9 Å². The number of halogens is 1. The van der Waals surface area contributed by atoms with Crippen molar-refractivity contribution in [2.24, 2.45) is 0 Å². The number of thiophene rings is 2. The lowest BCUT2D eigenvalue weighted by molar-refractivity contribution is 0.0699. The first-order valence-corrected chi connectivity index (χ1v) is 15.7. The summed E-state index contributed by atoms with van der Waals surface area (Å²) in [5.74, 6) is -0.214. The number of nitrogens with one attached hydrogen (secondary N) is 2. The Morgan fingerprint density at radius 2 is 1.51 bits per heavy atom. The summed E-state index contributed by atoms with van der Waals surface area (Å²) in [6, 6.07) is 14.9. The number of carboxylic acids is 1. The number of hydrogen-bond donors (Lipinski definition) is 3. The smallest absolute Gasteiger partial charge is 0.354 e. The van der Waals surface area contributed by atoms with Gasteiger partial charge in [0.05, 0.1) is 5.39 Å². The van der Waals surface area contributed by atoms with Gasteiger partial charge in [-0.3, -0.25) is 4.79 Å². The number of carbonyl (C=O) groups is 2. The summed E-state index contributed by atoms with van der Waals surface area (Å²) in [5, 5.41) is 10.4. The van der Waals surface area contributed by atoms with Crippen LogP contribution in [0.4, 0.5) is 0 Å². The number of fused-ring (bicyclic) bond motifs is 2. The van der Waals surface area contributed by atoms with Crippen LogP contribution in [0.1, 0.15) is 53.2 Å². The molecule has 0 radical (unpaired) electrons. The van der Waals surface area contributed by atoms with E-state index in [1.807, 2.05) is 37.3 Å². The molecule has 0 saturated carbocycles. The Bertz CT molecular complexity index is 2220. The van der Waals surface area contributed by atoms with Crippen LogP contribution in [0.3, 0.4) is 0 Å². The number of esters is 1. The van der Waals surface area contributed by atoms with Crippen LogP contribution in [0.5, 0.6) is 5.75 Å². The first-order chi connectivity index (χ1) is 20.6. The molecule has 0 unspecified atom stereocenters. The van der Waals surface area contributed by atoms with E-state index in [1.54, 1.807) is 25.1 Å². The van der Waals surface area contributed by atoms with Gasteiger partial charge in [0.25, 0.3) is 5.56 Å². The Labute approximate surface area is 265 Å².